The third-order valence-corrected chi connectivity index (χ3v) is 5.17. The van der Waals surface area contributed by atoms with E-state index in [1.54, 1.807) is 4.68 Å². The summed E-state index contributed by atoms with van der Waals surface area (Å²) in [7, 11) is 0. The van der Waals surface area contributed by atoms with Gasteiger partial charge in [-0.05, 0) is 56.3 Å². The molecule has 1 aromatic heterocycles. The zero-order valence-corrected chi connectivity index (χ0v) is 10.3. The molecule has 0 aromatic carbocycles. The maximum Gasteiger partial charge on any atom is 0.345 e. The predicted octanol–water partition coefficient (Wildman–Crippen LogP) is 0.857. The van der Waals surface area contributed by atoms with Gasteiger partial charge in [0.2, 0.25) is 0 Å². The van der Waals surface area contributed by atoms with Crippen molar-refractivity contribution in [2.24, 2.45) is 17.8 Å². The smallest absolute Gasteiger partial charge is 0.271 e. The van der Waals surface area contributed by atoms with E-state index in [0.717, 1.165) is 37.0 Å². The zero-order chi connectivity index (χ0) is 12.3. The highest BCUT2D eigenvalue weighted by atomic mass is 16.2. The van der Waals surface area contributed by atoms with Gasteiger partial charge in [0.05, 0.1) is 5.54 Å². The van der Waals surface area contributed by atoms with Crippen LogP contribution in [0.4, 0.5) is 0 Å². The molecule has 4 saturated carbocycles. The molecule has 1 N–H and O–H groups in total. The maximum absolute atomic E-state index is 12.0. The van der Waals surface area contributed by atoms with Gasteiger partial charge in [0, 0.05) is 0 Å². The summed E-state index contributed by atoms with van der Waals surface area (Å²) >= 11 is 0. The number of aromatic nitrogens is 3. The van der Waals surface area contributed by atoms with Crippen LogP contribution in [0.25, 0.3) is 0 Å². The Morgan fingerprint density at radius 1 is 1.11 bits per heavy atom. The SMILES string of the molecule is O=c1cnn(C23CC4CC(CC(C4)C2)C3)c(=O)[nH]1. The number of hydrogen-bond donors (Lipinski definition) is 1. The van der Waals surface area contributed by atoms with Gasteiger partial charge in [-0.2, -0.15) is 5.10 Å². The first-order valence-corrected chi connectivity index (χ1v) is 6.84. The molecule has 0 radical (unpaired) electrons. The summed E-state index contributed by atoms with van der Waals surface area (Å²) in [6.07, 6.45) is 8.43. The molecular formula is C13H17N3O2. The number of hydrogen-bond acceptors (Lipinski definition) is 3. The van der Waals surface area contributed by atoms with Crippen LogP contribution in [0.2, 0.25) is 0 Å². The minimum atomic E-state index is -0.402. The molecule has 5 rings (SSSR count). The van der Waals surface area contributed by atoms with Crippen molar-refractivity contribution >= 4 is 0 Å². The van der Waals surface area contributed by atoms with Gasteiger partial charge in [-0.25, -0.2) is 9.48 Å². The number of H-pyrrole nitrogens is 1. The van der Waals surface area contributed by atoms with E-state index in [0.29, 0.717) is 0 Å². The fourth-order valence-corrected chi connectivity index (χ4v) is 5.02. The molecule has 0 amide bonds. The van der Waals surface area contributed by atoms with E-state index in [2.05, 4.69) is 10.1 Å². The number of nitrogens with zero attached hydrogens (tertiary/aromatic N) is 2. The normalized spacial score (nSPS) is 41.2. The fraction of sp³-hybridized carbons (Fsp3) is 0.769. The van der Waals surface area contributed by atoms with Crippen molar-refractivity contribution in [1.82, 2.24) is 14.8 Å². The molecule has 0 saturated heterocycles. The van der Waals surface area contributed by atoms with E-state index in [1.165, 1.54) is 25.5 Å². The van der Waals surface area contributed by atoms with Crippen molar-refractivity contribution in [2.75, 3.05) is 0 Å². The van der Waals surface area contributed by atoms with Crippen LogP contribution in [0.1, 0.15) is 38.5 Å². The molecule has 1 aromatic rings. The Kier molecular flexibility index (Phi) is 1.95. The minimum absolute atomic E-state index is 0.101. The summed E-state index contributed by atoms with van der Waals surface area (Å²) in [5, 5.41) is 4.13. The Hall–Kier alpha value is -1.39. The standard InChI is InChI=1S/C13H17N3O2/c17-11-7-14-16(12(18)15-11)13-4-8-1-9(5-13)3-10(2-8)6-13/h7-10H,1-6H2,(H,15,17,18). The van der Waals surface area contributed by atoms with E-state index in [-0.39, 0.29) is 11.2 Å². The molecule has 4 bridgehead atoms. The second-order valence-electron chi connectivity index (χ2n) is 6.49. The van der Waals surface area contributed by atoms with Gasteiger partial charge in [-0.1, -0.05) is 0 Å². The van der Waals surface area contributed by atoms with Gasteiger partial charge in [0.1, 0.15) is 6.20 Å². The van der Waals surface area contributed by atoms with Gasteiger partial charge in [0.25, 0.3) is 5.56 Å². The first kappa shape index (κ1) is 10.5. The number of nitrogens with one attached hydrogen (secondary N) is 1. The lowest BCUT2D eigenvalue weighted by Crippen LogP contribution is -2.56. The second kappa shape index (κ2) is 3.33. The molecule has 4 aliphatic carbocycles. The summed E-state index contributed by atoms with van der Waals surface area (Å²) < 4.78 is 1.58. The van der Waals surface area contributed by atoms with Gasteiger partial charge >= 0.3 is 5.69 Å². The van der Waals surface area contributed by atoms with Crippen molar-refractivity contribution in [3.8, 4) is 0 Å². The first-order chi connectivity index (χ1) is 8.64. The second-order valence-corrected chi connectivity index (χ2v) is 6.49. The summed E-state index contributed by atoms with van der Waals surface area (Å²) in [4.78, 5) is 25.5. The topological polar surface area (TPSA) is 67.8 Å². The molecule has 0 atom stereocenters. The molecule has 5 heteroatoms. The van der Waals surface area contributed by atoms with E-state index in [1.807, 2.05) is 0 Å². The lowest BCUT2D eigenvalue weighted by molar-refractivity contribution is -0.0528. The first-order valence-electron chi connectivity index (χ1n) is 6.84. The number of aromatic amines is 1. The largest absolute Gasteiger partial charge is 0.345 e. The third kappa shape index (κ3) is 1.36. The average Bonchev–Trinajstić information content (AvgIpc) is 2.26. The van der Waals surface area contributed by atoms with Gasteiger partial charge in [-0.15, -0.1) is 0 Å². The van der Waals surface area contributed by atoms with Crippen LogP contribution in [-0.4, -0.2) is 14.8 Å². The minimum Gasteiger partial charge on any atom is -0.271 e. The Bertz CT molecular complexity index is 565. The highest BCUT2D eigenvalue weighted by Crippen LogP contribution is 2.58. The van der Waals surface area contributed by atoms with Crippen LogP contribution in [-0.2, 0) is 5.54 Å². The van der Waals surface area contributed by atoms with E-state index >= 15 is 0 Å². The van der Waals surface area contributed by atoms with Crippen molar-refractivity contribution in [3.63, 3.8) is 0 Å². The van der Waals surface area contributed by atoms with Crippen molar-refractivity contribution in [1.29, 1.82) is 0 Å². The molecule has 0 aliphatic heterocycles. The average molecular weight is 247 g/mol. The molecule has 5 nitrogen and oxygen atoms in total. The van der Waals surface area contributed by atoms with Crippen LogP contribution in [0.3, 0.4) is 0 Å². The Morgan fingerprint density at radius 2 is 1.67 bits per heavy atom. The maximum atomic E-state index is 12.0. The van der Waals surface area contributed by atoms with Crippen LogP contribution >= 0.6 is 0 Å². The van der Waals surface area contributed by atoms with Crippen LogP contribution in [0.15, 0.2) is 15.8 Å². The van der Waals surface area contributed by atoms with Crippen LogP contribution in [0.5, 0.6) is 0 Å². The quantitative estimate of drug-likeness (QED) is 0.800. The summed E-state index contributed by atoms with van der Waals surface area (Å²) in [5.41, 5.74) is -0.832. The monoisotopic (exact) mass is 247 g/mol. The summed E-state index contributed by atoms with van der Waals surface area (Å²) in [6, 6.07) is 0. The van der Waals surface area contributed by atoms with E-state index in [9.17, 15) is 9.59 Å². The predicted molar refractivity (Wildman–Crippen MR) is 65.3 cm³/mol. The molecular weight excluding hydrogens is 230 g/mol. The Labute approximate surface area is 104 Å². The highest BCUT2D eigenvalue weighted by Gasteiger charge is 2.52. The Balaban J connectivity index is 1.84. The van der Waals surface area contributed by atoms with E-state index < -0.39 is 5.56 Å². The zero-order valence-electron chi connectivity index (χ0n) is 10.3. The van der Waals surface area contributed by atoms with Crippen molar-refractivity contribution in [2.45, 2.75) is 44.1 Å². The fourth-order valence-electron chi connectivity index (χ4n) is 5.02. The van der Waals surface area contributed by atoms with Crippen molar-refractivity contribution < 1.29 is 0 Å². The van der Waals surface area contributed by atoms with E-state index in [4.69, 9.17) is 0 Å². The lowest BCUT2D eigenvalue weighted by Gasteiger charge is -2.56. The van der Waals surface area contributed by atoms with Crippen LogP contribution in [0, 0.1) is 17.8 Å². The van der Waals surface area contributed by atoms with Crippen LogP contribution < -0.4 is 11.2 Å². The Morgan fingerprint density at radius 3 is 2.17 bits per heavy atom. The lowest BCUT2D eigenvalue weighted by atomic mass is 9.53. The number of rotatable bonds is 1. The summed E-state index contributed by atoms with van der Waals surface area (Å²) in [6.45, 7) is 0. The molecule has 96 valence electrons. The molecule has 4 aliphatic rings. The van der Waals surface area contributed by atoms with Gasteiger partial charge < -0.3 is 0 Å². The van der Waals surface area contributed by atoms with Gasteiger partial charge in [-0.3, -0.25) is 9.78 Å². The highest BCUT2D eigenvalue weighted by molar-refractivity contribution is 5.04. The molecule has 18 heavy (non-hydrogen) atoms. The van der Waals surface area contributed by atoms with Gasteiger partial charge in [0.15, 0.2) is 0 Å². The molecule has 1 heterocycles. The molecule has 4 fully saturated rings. The molecule has 0 unspecified atom stereocenters. The third-order valence-electron chi connectivity index (χ3n) is 5.17. The summed E-state index contributed by atoms with van der Waals surface area (Å²) in [5.74, 6) is 2.28. The van der Waals surface area contributed by atoms with Crippen molar-refractivity contribution in [3.05, 3.63) is 27.0 Å². The molecule has 0 spiro atoms.